The maximum atomic E-state index is 12.6. The molecule has 0 aromatic heterocycles. The largest absolute Gasteiger partial charge is 0.872 e. The van der Waals surface area contributed by atoms with Gasteiger partial charge in [-0.15, -0.1) is 0 Å². The molecule has 4 aromatic rings. The standard InChI is InChI=1S/C21H15NO2/c23-20-13-16-8-2-1-7-15(16)12-18(20)21(24)22-19-11-5-9-14-6-3-4-10-17(14)19/h1-13,23H,(H,22,24)/p-1. The molecule has 0 atom stereocenters. The molecule has 4 aromatic carbocycles. The van der Waals surface area contributed by atoms with E-state index in [9.17, 15) is 9.90 Å². The third-order valence-corrected chi connectivity index (χ3v) is 4.13. The highest BCUT2D eigenvalue weighted by molar-refractivity contribution is 6.11. The van der Waals surface area contributed by atoms with Crippen molar-refractivity contribution in [2.75, 3.05) is 5.32 Å². The molecule has 24 heavy (non-hydrogen) atoms. The fraction of sp³-hybridized carbons (Fsp3) is 0. The summed E-state index contributed by atoms with van der Waals surface area (Å²) in [4.78, 5) is 12.6. The number of anilines is 1. The van der Waals surface area contributed by atoms with Gasteiger partial charge in [0.1, 0.15) is 0 Å². The first-order valence-corrected chi connectivity index (χ1v) is 7.71. The number of rotatable bonds is 2. The van der Waals surface area contributed by atoms with Gasteiger partial charge in [0.15, 0.2) is 0 Å². The highest BCUT2D eigenvalue weighted by Gasteiger charge is 2.10. The second-order valence-electron chi connectivity index (χ2n) is 5.68. The van der Waals surface area contributed by atoms with Gasteiger partial charge in [-0.05, 0) is 28.3 Å². The summed E-state index contributed by atoms with van der Waals surface area (Å²) in [6.45, 7) is 0. The summed E-state index contributed by atoms with van der Waals surface area (Å²) >= 11 is 0. The van der Waals surface area contributed by atoms with Gasteiger partial charge in [0.25, 0.3) is 5.91 Å². The Balaban J connectivity index is 1.75. The van der Waals surface area contributed by atoms with E-state index in [1.165, 1.54) is 6.07 Å². The first-order valence-electron chi connectivity index (χ1n) is 7.71. The van der Waals surface area contributed by atoms with Gasteiger partial charge in [-0.1, -0.05) is 72.5 Å². The number of nitrogens with one attached hydrogen (secondary N) is 1. The van der Waals surface area contributed by atoms with E-state index in [0.717, 1.165) is 21.5 Å². The summed E-state index contributed by atoms with van der Waals surface area (Å²) in [7, 11) is 0. The van der Waals surface area contributed by atoms with Crippen LogP contribution < -0.4 is 10.4 Å². The molecule has 0 saturated carbocycles. The van der Waals surface area contributed by atoms with Crippen LogP contribution >= 0.6 is 0 Å². The lowest BCUT2D eigenvalue weighted by molar-refractivity contribution is -0.268. The molecule has 3 heteroatoms. The first-order chi connectivity index (χ1) is 11.7. The van der Waals surface area contributed by atoms with Gasteiger partial charge in [-0.3, -0.25) is 4.79 Å². The zero-order valence-corrected chi connectivity index (χ0v) is 12.8. The Bertz CT molecular complexity index is 1060. The third-order valence-electron chi connectivity index (χ3n) is 4.13. The molecule has 4 rings (SSSR count). The molecule has 0 spiro atoms. The molecule has 0 saturated heterocycles. The third kappa shape index (κ3) is 2.46. The molecule has 0 unspecified atom stereocenters. The van der Waals surface area contributed by atoms with Crippen molar-refractivity contribution < 1.29 is 9.90 Å². The Labute approximate surface area is 139 Å². The Morgan fingerprint density at radius 3 is 2.17 bits per heavy atom. The van der Waals surface area contributed by atoms with E-state index in [-0.39, 0.29) is 17.2 Å². The second kappa shape index (κ2) is 5.70. The van der Waals surface area contributed by atoms with Crippen LogP contribution in [-0.4, -0.2) is 5.91 Å². The van der Waals surface area contributed by atoms with Crippen molar-refractivity contribution in [2.24, 2.45) is 0 Å². The molecule has 0 fully saturated rings. The van der Waals surface area contributed by atoms with Crippen molar-refractivity contribution in [3.63, 3.8) is 0 Å². The number of fused-ring (bicyclic) bond motifs is 2. The second-order valence-corrected chi connectivity index (χ2v) is 5.68. The molecular formula is C21H14NO2-. The van der Waals surface area contributed by atoms with Crippen molar-refractivity contribution in [3.8, 4) is 5.75 Å². The lowest BCUT2D eigenvalue weighted by Crippen LogP contribution is -2.14. The Morgan fingerprint density at radius 1 is 0.750 bits per heavy atom. The van der Waals surface area contributed by atoms with Crippen LogP contribution in [0.2, 0.25) is 0 Å². The maximum absolute atomic E-state index is 12.6. The van der Waals surface area contributed by atoms with Crippen LogP contribution in [-0.2, 0) is 0 Å². The minimum Gasteiger partial charge on any atom is -0.872 e. The highest BCUT2D eigenvalue weighted by Crippen LogP contribution is 2.26. The predicted molar refractivity (Wildman–Crippen MR) is 95.3 cm³/mol. The van der Waals surface area contributed by atoms with Gasteiger partial charge in [0.2, 0.25) is 0 Å². The lowest BCUT2D eigenvalue weighted by Gasteiger charge is -2.15. The van der Waals surface area contributed by atoms with E-state index >= 15 is 0 Å². The van der Waals surface area contributed by atoms with Gasteiger partial charge < -0.3 is 10.4 Å². The Morgan fingerprint density at radius 2 is 1.38 bits per heavy atom. The number of carbonyl (C=O) groups excluding carboxylic acids is 1. The van der Waals surface area contributed by atoms with Gasteiger partial charge in [-0.2, -0.15) is 0 Å². The Kier molecular flexibility index (Phi) is 3.39. The molecule has 0 bridgehead atoms. The first kappa shape index (κ1) is 14.3. The molecule has 1 amide bonds. The van der Waals surface area contributed by atoms with Crippen LogP contribution in [0.3, 0.4) is 0 Å². The number of hydrogen-bond acceptors (Lipinski definition) is 2. The summed E-state index contributed by atoms with van der Waals surface area (Å²) in [5.41, 5.74) is 0.854. The predicted octanol–water partition coefficient (Wildman–Crippen LogP) is 4.32. The van der Waals surface area contributed by atoms with Crippen molar-refractivity contribution in [2.45, 2.75) is 0 Å². The summed E-state index contributed by atoms with van der Waals surface area (Å²) in [6, 6.07) is 24.2. The van der Waals surface area contributed by atoms with Crippen LogP contribution in [0.1, 0.15) is 10.4 Å². The maximum Gasteiger partial charge on any atom is 0.255 e. The van der Waals surface area contributed by atoms with Crippen LogP contribution in [0, 0.1) is 0 Å². The topological polar surface area (TPSA) is 52.2 Å². The van der Waals surface area contributed by atoms with E-state index in [2.05, 4.69) is 5.32 Å². The molecule has 0 heterocycles. The lowest BCUT2D eigenvalue weighted by atomic mass is 10.0. The van der Waals surface area contributed by atoms with Crippen molar-refractivity contribution in [1.29, 1.82) is 0 Å². The number of benzene rings is 4. The summed E-state index contributed by atoms with van der Waals surface area (Å²) in [6.07, 6.45) is 0. The zero-order valence-electron chi connectivity index (χ0n) is 12.8. The van der Waals surface area contributed by atoms with E-state index < -0.39 is 0 Å². The fourth-order valence-electron chi connectivity index (χ4n) is 2.92. The number of amides is 1. The summed E-state index contributed by atoms with van der Waals surface area (Å²) < 4.78 is 0. The van der Waals surface area contributed by atoms with Gasteiger partial charge in [0, 0.05) is 16.6 Å². The van der Waals surface area contributed by atoms with Crippen molar-refractivity contribution in [1.82, 2.24) is 0 Å². The Hall–Kier alpha value is -3.33. The molecule has 3 nitrogen and oxygen atoms in total. The van der Waals surface area contributed by atoms with Crippen molar-refractivity contribution in [3.05, 3.63) is 84.4 Å². The average Bonchev–Trinajstić information content (AvgIpc) is 2.61. The van der Waals surface area contributed by atoms with E-state index in [1.807, 2.05) is 66.7 Å². The molecule has 1 N–H and O–H groups in total. The van der Waals surface area contributed by atoms with E-state index in [0.29, 0.717) is 5.69 Å². The molecule has 0 aliphatic rings. The normalized spacial score (nSPS) is 10.8. The number of hydrogen-bond donors (Lipinski definition) is 1. The van der Waals surface area contributed by atoms with Crippen LogP contribution in [0.4, 0.5) is 5.69 Å². The average molecular weight is 312 g/mol. The van der Waals surface area contributed by atoms with Gasteiger partial charge in [0.05, 0.1) is 0 Å². The van der Waals surface area contributed by atoms with E-state index in [1.54, 1.807) is 6.07 Å². The van der Waals surface area contributed by atoms with Gasteiger partial charge in [-0.25, -0.2) is 0 Å². The minimum atomic E-state index is -0.387. The van der Waals surface area contributed by atoms with Gasteiger partial charge >= 0.3 is 0 Å². The summed E-state index contributed by atoms with van der Waals surface area (Å²) in [5.74, 6) is -0.659. The molecule has 0 aliphatic heterocycles. The van der Waals surface area contributed by atoms with Crippen LogP contribution in [0.5, 0.6) is 5.75 Å². The SMILES string of the molecule is O=C(Nc1cccc2ccccc12)c1cc2ccccc2cc1[O-]. The molecule has 0 radical (unpaired) electrons. The fourth-order valence-corrected chi connectivity index (χ4v) is 2.92. The molecular weight excluding hydrogens is 298 g/mol. The smallest absolute Gasteiger partial charge is 0.255 e. The van der Waals surface area contributed by atoms with Crippen LogP contribution in [0.25, 0.3) is 21.5 Å². The molecule has 0 aliphatic carbocycles. The van der Waals surface area contributed by atoms with Crippen LogP contribution in [0.15, 0.2) is 78.9 Å². The highest BCUT2D eigenvalue weighted by atomic mass is 16.3. The number of carbonyl (C=O) groups is 1. The summed E-state index contributed by atoms with van der Waals surface area (Å²) in [5, 5.41) is 18.8. The minimum absolute atomic E-state index is 0.154. The molecule has 116 valence electrons. The monoisotopic (exact) mass is 312 g/mol. The van der Waals surface area contributed by atoms with Crippen molar-refractivity contribution >= 4 is 33.1 Å². The quantitative estimate of drug-likeness (QED) is 0.599. The zero-order chi connectivity index (χ0) is 16.5. The van der Waals surface area contributed by atoms with E-state index in [4.69, 9.17) is 0 Å².